The van der Waals surface area contributed by atoms with E-state index in [0.717, 1.165) is 0 Å². The second-order valence-corrected chi connectivity index (χ2v) is 5.05. The second-order valence-electron chi connectivity index (χ2n) is 4.21. The molecule has 0 saturated heterocycles. The Balaban J connectivity index is 2.02. The van der Waals surface area contributed by atoms with E-state index in [0.29, 0.717) is 21.3 Å². The Morgan fingerprint density at radius 2 is 1.95 bits per heavy atom. The molecule has 0 unspecified atom stereocenters. The fraction of sp³-hybridized carbons (Fsp3) is 0.0714. The normalized spacial score (nSPS) is 10.1. The monoisotopic (exact) mass is 340 g/mol. The van der Waals surface area contributed by atoms with Crippen molar-refractivity contribution in [1.29, 1.82) is 0 Å². The van der Waals surface area contributed by atoms with Gasteiger partial charge in [-0.2, -0.15) is 0 Å². The lowest BCUT2D eigenvalue weighted by Crippen LogP contribution is -2.14. The van der Waals surface area contributed by atoms with E-state index < -0.39 is 11.0 Å². The SMILES string of the molecule is O=C(Nc1cc(Cl)ccc1Cl)OCc1ccccc1[N+](=O)[O-]. The van der Waals surface area contributed by atoms with Gasteiger partial charge in [0, 0.05) is 11.1 Å². The van der Waals surface area contributed by atoms with Crippen LogP contribution in [0.2, 0.25) is 10.0 Å². The maximum Gasteiger partial charge on any atom is 0.412 e. The second kappa shape index (κ2) is 7.11. The molecule has 0 aliphatic heterocycles. The minimum atomic E-state index is -0.790. The maximum atomic E-state index is 11.7. The number of nitro benzene ring substituents is 1. The Morgan fingerprint density at radius 1 is 1.23 bits per heavy atom. The summed E-state index contributed by atoms with van der Waals surface area (Å²) < 4.78 is 4.96. The van der Waals surface area contributed by atoms with Gasteiger partial charge in [-0.15, -0.1) is 0 Å². The van der Waals surface area contributed by atoms with E-state index in [1.165, 1.54) is 30.3 Å². The third kappa shape index (κ3) is 4.09. The van der Waals surface area contributed by atoms with E-state index in [1.54, 1.807) is 12.1 Å². The van der Waals surface area contributed by atoms with E-state index in [-0.39, 0.29) is 12.3 Å². The summed E-state index contributed by atoms with van der Waals surface area (Å²) in [6.45, 7) is -0.235. The molecule has 8 heteroatoms. The number of halogens is 2. The highest BCUT2D eigenvalue weighted by Gasteiger charge is 2.14. The first kappa shape index (κ1) is 16.1. The fourth-order valence-electron chi connectivity index (χ4n) is 1.69. The van der Waals surface area contributed by atoms with Crippen molar-refractivity contribution >= 4 is 40.7 Å². The number of carbonyl (C=O) groups excluding carboxylic acids is 1. The highest BCUT2D eigenvalue weighted by Crippen LogP contribution is 2.25. The van der Waals surface area contributed by atoms with E-state index in [2.05, 4.69) is 5.32 Å². The summed E-state index contributed by atoms with van der Waals surface area (Å²) in [4.78, 5) is 22.0. The average Bonchev–Trinajstić information content (AvgIpc) is 2.49. The number of nitrogens with zero attached hydrogens (tertiary/aromatic N) is 1. The molecule has 2 rings (SSSR count). The van der Waals surface area contributed by atoms with Crippen molar-refractivity contribution in [2.45, 2.75) is 6.61 Å². The number of rotatable bonds is 4. The molecule has 22 heavy (non-hydrogen) atoms. The summed E-state index contributed by atoms with van der Waals surface area (Å²) in [7, 11) is 0. The first-order valence-electron chi connectivity index (χ1n) is 6.08. The van der Waals surface area contributed by atoms with Crippen LogP contribution in [0.15, 0.2) is 42.5 Å². The van der Waals surface area contributed by atoms with Crippen LogP contribution >= 0.6 is 23.2 Å². The molecule has 0 spiro atoms. The van der Waals surface area contributed by atoms with Crippen LogP contribution in [0, 0.1) is 10.1 Å². The number of carbonyl (C=O) groups is 1. The predicted molar refractivity (Wildman–Crippen MR) is 83.4 cm³/mol. The number of hydrogen-bond donors (Lipinski definition) is 1. The Hall–Kier alpha value is -2.31. The molecule has 114 valence electrons. The van der Waals surface area contributed by atoms with Gasteiger partial charge in [0.15, 0.2) is 0 Å². The fourth-order valence-corrected chi connectivity index (χ4v) is 2.03. The van der Waals surface area contributed by atoms with Crippen molar-refractivity contribution in [3.8, 4) is 0 Å². The Bertz CT molecular complexity index is 722. The van der Waals surface area contributed by atoms with Crippen molar-refractivity contribution in [1.82, 2.24) is 0 Å². The van der Waals surface area contributed by atoms with E-state index >= 15 is 0 Å². The van der Waals surface area contributed by atoms with Crippen LogP contribution in [-0.2, 0) is 11.3 Å². The molecule has 1 amide bonds. The topological polar surface area (TPSA) is 81.5 Å². The summed E-state index contributed by atoms with van der Waals surface area (Å²) in [5, 5.41) is 14.0. The highest BCUT2D eigenvalue weighted by atomic mass is 35.5. The van der Waals surface area contributed by atoms with Crippen LogP contribution in [0.5, 0.6) is 0 Å². The lowest BCUT2D eigenvalue weighted by atomic mass is 10.2. The molecule has 0 aliphatic carbocycles. The van der Waals surface area contributed by atoms with Crippen LogP contribution in [-0.4, -0.2) is 11.0 Å². The van der Waals surface area contributed by atoms with E-state index in [9.17, 15) is 14.9 Å². The van der Waals surface area contributed by atoms with Gasteiger partial charge in [-0.25, -0.2) is 4.79 Å². The molecular formula is C14H10Cl2N2O4. The Labute approximate surface area is 135 Å². The van der Waals surface area contributed by atoms with Crippen LogP contribution in [0.25, 0.3) is 0 Å². The van der Waals surface area contributed by atoms with Gasteiger partial charge in [-0.05, 0) is 24.3 Å². The molecule has 0 heterocycles. The maximum absolute atomic E-state index is 11.7. The van der Waals surface area contributed by atoms with Crippen molar-refractivity contribution in [3.63, 3.8) is 0 Å². The minimum absolute atomic E-state index is 0.115. The summed E-state index contributed by atoms with van der Waals surface area (Å²) in [6.07, 6.45) is -0.790. The van der Waals surface area contributed by atoms with Gasteiger partial charge in [-0.1, -0.05) is 35.3 Å². The summed E-state index contributed by atoms with van der Waals surface area (Å²) in [5.74, 6) is 0. The van der Waals surface area contributed by atoms with Gasteiger partial charge in [0.1, 0.15) is 6.61 Å². The largest absolute Gasteiger partial charge is 0.444 e. The van der Waals surface area contributed by atoms with E-state index in [1.807, 2.05) is 0 Å². The Morgan fingerprint density at radius 3 is 2.68 bits per heavy atom. The number of ether oxygens (including phenoxy) is 1. The zero-order chi connectivity index (χ0) is 16.1. The molecule has 0 fully saturated rings. The average molecular weight is 341 g/mol. The first-order valence-corrected chi connectivity index (χ1v) is 6.84. The van der Waals surface area contributed by atoms with Gasteiger partial charge in [0.2, 0.25) is 0 Å². The molecule has 1 N–H and O–H groups in total. The summed E-state index contributed by atoms with van der Waals surface area (Å²) in [6, 6.07) is 10.6. The molecule has 0 bridgehead atoms. The van der Waals surface area contributed by atoms with Crippen molar-refractivity contribution < 1.29 is 14.5 Å². The molecule has 0 aliphatic rings. The van der Waals surface area contributed by atoms with Crippen LogP contribution in [0.1, 0.15) is 5.56 Å². The number of nitrogens with one attached hydrogen (secondary N) is 1. The smallest absolute Gasteiger partial charge is 0.412 e. The van der Waals surface area contributed by atoms with Gasteiger partial charge >= 0.3 is 6.09 Å². The van der Waals surface area contributed by atoms with Crippen molar-refractivity contribution in [3.05, 3.63) is 68.2 Å². The number of para-hydroxylation sites is 1. The molecular weight excluding hydrogens is 331 g/mol. The number of hydrogen-bond acceptors (Lipinski definition) is 4. The zero-order valence-corrected chi connectivity index (χ0v) is 12.6. The molecule has 2 aromatic carbocycles. The van der Waals surface area contributed by atoms with Crippen LogP contribution in [0.4, 0.5) is 16.2 Å². The number of nitro groups is 1. The molecule has 0 radical (unpaired) electrons. The lowest BCUT2D eigenvalue weighted by molar-refractivity contribution is -0.385. The summed E-state index contributed by atoms with van der Waals surface area (Å²) >= 11 is 11.7. The predicted octanol–water partition coefficient (Wildman–Crippen LogP) is 4.65. The minimum Gasteiger partial charge on any atom is -0.444 e. The van der Waals surface area contributed by atoms with Crippen molar-refractivity contribution in [2.24, 2.45) is 0 Å². The Kier molecular flexibility index (Phi) is 5.19. The van der Waals surface area contributed by atoms with Gasteiger partial charge in [-0.3, -0.25) is 15.4 Å². The molecule has 6 nitrogen and oxygen atoms in total. The quantitative estimate of drug-likeness (QED) is 0.648. The number of benzene rings is 2. The highest BCUT2D eigenvalue weighted by molar-refractivity contribution is 6.35. The van der Waals surface area contributed by atoms with Crippen LogP contribution in [0.3, 0.4) is 0 Å². The zero-order valence-electron chi connectivity index (χ0n) is 11.1. The van der Waals surface area contributed by atoms with E-state index in [4.69, 9.17) is 27.9 Å². The standard InChI is InChI=1S/C14H10Cl2N2O4/c15-10-5-6-11(16)12(7-10)17-14(19)22-8-9-3-1-2-4-13(9)18(20)21/h1-7H,8H2,(H,17,19). The van der Waals surface area contributed by atoms with Gasteiger partial charge in [0.25, 0.3) is 5.69 Å². The van der Waals surface area contributed by atoms with Crippen molar-refractivity contribution in [2.75, 3.05) is 5.32 Å². The van der Waals surface area contributed by atoms with Gasteiger partial charge < -0.3 is 4.74 Å². The molecule has 0 atom stereocenters. The summed E-state index contributed by atoms with van der Waals surface area (Å²) in [5.41, 5.74) is 0.470. The van der Waals surface area contributed by atoms with Crippen LogP contribution < -0.4 is 5.32 Å². The molecule has 0 saturated carbocycles. The lowest BCUT2D eigenvalue weighted by Gasteiger charge is -2.09. The molecule has 2 aromatic rings. The third-order valence-electron chi connectivity index (χ3n) is 2.71. The number of amides is 1. The first-order chi connectivity index (χ1) is 10.5. The molecule has 0 aromatic heterocycles. The van der Waals surface area contributed by atoms with Gasteiger partial charge in [0.05, 0.1) is 21.2 Å². The third-order valence-corrected chi connectivity index (χ3v) is 3.28. The number of anilines is 1.